The lowest BCUT2D eigenvalue weighted by Gasteiger charge is -2.31. The fourth-order valence-corrected chi connectivity index (χ4v) is 3.80. The summed E-state index contributed by atoms with van der Waals surface area (Å²) >= 11 is 1.51. The standard InChI is InChI=1S/C16H23N3O2S/c1-16(2,3)14(21)19-8-7-11-12(9-19)22-15(17-11)18-13(20)10-5-4-6-10/h10H,4-9H2,1-3H3,(H,17,18,20). The van der Waals surface area contributed by atoms with Crippen LogP contribution >= 0.6 is 11.3 Å². The zero-order valence-corrected chi connectivity index (χ0v) is 14.3. The van der Waals surface area contributed by atoms with Crippen molar-refractivity contribution in [3.05, 3.63) is 10.6 Å². The Bertz CT molecular complexity index is 599. The minimum atomic E-state index is -0.358. The van der Waals surface area contributed by atoms with Gasteiger partial charge in [0.05, 0.1) is 12.2 Å². The van der Waals surface area contributed by atoms with Crippen molar-refractivity contribution in [3.8, 4) is 0 Å². The van der Waals surface area contributed by atoms with Crippen LogP contribution in [-0.2, 0) is 22.6 Å². The Balaban J connectivity index is 1.67. The van der Waals surface area contributed by atoms with Gasteiger partial charge in [-0.3, -0.25) is 9.59 Å². The molecule has 0 spiro atoms. The molecule has 1 aliphatic heterocycles. The van der Waals surface area contributed by atoms with E-state index in [1.54, 1.807) is 0 Å². The van der Waals surface area contributed by atoms with Crippen LogP contribution in [0.25, 0.3) is 0 Å². The molecule has 1 saturated carbocycles. The van der Waals surface area contributed by atoms with Crippen molar-refractivity contribution in [2.24, 2.45) is 11.3 Å². The Morgan fingerprint density at radius 1 is 1.32 bits per heavy atom. The zero-order chi connectivity index (χ0) is 15.9. The van der Waals surface area contributed by atoms with Crippen LogP contribution in [0.1, 0.15) is 50.6 Å². The summed E-state index contributed by atoms with van der Waals surface area (Å²) in [7, 11) is 0. The number of carbonyl (C=O) groups is 2. The van der Waals surface area contributed by atoms with Crippen molar-refractivity contribution >= 4 is 28.3 Å². The highest BCUT2D eigenvalue weighted by Gasteiger charge is 2.31. The van der Waals surface area contributed by atoms with Crippen molar-refractivity contribution in [3.63, 3.8) is 0 Å². The highest BCUT2D eigenvalue weighted by atomic mass is 32.1. The molecule has 22 heavy (non-hydrogen) atoms. The van der Waals surface area contributed by atoms with Crippen molar-refractivity contribution in [1.82, 2.24) is 9.88 Å². The molecule has 1 N–H and O–H groups in total. The second-order valence-corrected chi connectivity index (χ2v) is 8.32. The largest absolute Gasteiger partial charge is 0.337 e. The Morgan fingerprint density at radius 2 is 2.05 bits per heavy atom. The average molecular weight is 321 g/mol. The molecule has 6 heteroatoms. The molecule has 0 unspecified atom stereocenters. The second-order valence-electron chi connectivity index (χ2n) is 7.23. The zero-order valence-electron chi connectivity index (χ0n) is 13.4. The minimum Gasteiger partial charge on any atom is -0.337 e. The van der Waals surface area contributed by atoms with E-state index in [1.807, 2.05) is 25.7 Å². The number of anilines is 1. The van der Waals surface area contributed by atoms with E-state index in [0.29, 0.717) is 18.2 Å². The Hall–Kier alpha value is -1.43. The molecule has 2 amide bonds. The second kappa shape index (κ2) is 5.65. The van der Waals surface area contributed by atoms with Gasteiger partial charge in [0.1, 0.15) is 0 Å². The van der Waals surface area contributed by atoms with E-state index in [0.717, 1.165) is 36.3 Å². The molecule has 0 aromatic carbocycles. The Morgan fingerprint density at radius 3 is 2.64 bits per heavy atom. The third-order valence-corrected chi connectivity index (χ3v) is 5.36. The number of hydrogen-bond donors (Lipinski definition) is 1. The van der Waals surface area contributed by atoms with E-state index in [-0.39, 0.29) is 23.1 Å². The van der Waals surface area contributed by atoms with Gasteiger partial charge >= 0.3 is 0 Å². The molecular formula is C16H23N3O2S. The Labute approximate surface area is 135 Å². The average Bonchev–Trinajstić information content (AvgIpc) is 2.75. The van der Waals surface area contributed by atoms with Crippen LogP contribution in [0.3, 0.4) is 0 Å². The summed E-state index contributed by atoms with van der Waals surface area (Å²) < 4.78 is 0. The molecule has 0 bridgehead atoms. The van der Waals surface area contributed by atoms with Crippen LogP contribution < -0.4 is 5.32 Å². The first-order valence-electron chi connectivity index (χ1n) is 7.93. The lowest BCUT2D eigenvalue weighted by Crippen LogP contribution is -2.42. The molecular weight excluding hydrogens is 298 g/mol. The number of fused-ring (bicyclic) bond motifs is 1. The maximum atomic E-state index is 12.4. The first-order valence-corrected chi connectivity index (χ1v) is 8.75. The minimum absolute atomic E-state index is 0.0972. The van der Waals surface area contributed by atoms with E-state index in [2.05, 4.69) is 10.3 Å². The fraction of sp³-hybridized carbons (Fsp3) is 0.688. The molecule has 0 radical (unpaired) electrons. The number of amides is 2. The lowest BCUT2D eigenvalue weighted by atomic mass is 9.85. The molecule has 1 fully saturated rings. The first-order chi connectivity index (χ1) is 10.3. The van der Waals surface area contributed by atoms with Crippen molar-refractivity contribution in [2.75, 3.05) is 11.9 Å². The van der Waals surface area contributed by atoms with Gasteiger partial charge in [0.15, 0.2) is 5.13 Å². The van der Waals surface area contributed by atoms with Gasteiger partial charge in [-0.15, -0.1) is 0 Å². The van der Waals surface area contributed by atoms with Gasteiger partial charge in [0, 0.05) is 29.2 Å². The van der Waals surface area contributed by atoms with Gasteiger partial charge in [-0.2, -0.15) is 0 Å². The number of carbonyl (C=O) groups excluding carboxylic acids is 2. The summed E-state index contributed by atoms with van der Waals surface area (Å²) in [6, 6.07) is 0. The van der Waals surface area contributed by atoms with Crippen LogP contribution in [-0.4, -0.2) is 28.2 Å². The van der Waals surface area contributed by atoms with E-state index in [1.165, 1.54) is 11.3 Å². The number of thiazole rings is 1. The predicted molar refractivity (Wildman–Crippen MR) is 86.7 cm³/mol. The quantitative estimate of drug-likeness (QED) is 0.911. The molecule has 5 nitrogen and oxygen atoms in total. The maximum Gasteiger partial charge on any atom is 0.229 e. The molecule has 0 atom stereocenters. The van der Waals surface area contributed by atoms with Gasteiger partial charge in [-0.05, 0) is 12.8 Å². The van der Waals surface area contributed by atoms with Crippen LogP contribution in [0.2, 0.25) is 0 Å². The molecule has 2 aliphatic rings. The molecule has 3 rings (SSSR count). The number of aromatic nitrogens is 1. The van der Waals surface area contributed by atoms with E-state index < -0.39 is 0 Å². The van der Waals surface area contributed by atoms with E-state index in [9.17, 15) is 9.59 Å². The van der Waals surface area contributed by atoms with Crippen LogP contribution in [0.4, 0.5) is 5.13 Å². The predicted octanol–water partition coefficient (Wildman–Crippen LogP) is 2.81. The maximum absolute atomic E-state index is 12.4. The van der Waals surface area contributed by atoms with Crippen molar-refractivity contribution in [2.45, 2.75) is 53.0 Å². The van der Waals surface area contributed by atoms with E-state index in [4.69, 9.17) is 0 Å². The molecule has 1 aliphatic carbocycles. The summed E-state index contributed by atoms with van der Waals surface area (Å²) in [6.45, 7) is 7.16. The summed E-state index contributed by atoms with van der Waals surface area (Å²) in [4.78, 5) is 31.9. The summed E-state index contributed by atoms with van der Waals surface area (Å²) in [5.74, 6) is 0.437. The van der Waals surface area contributed by atoms with Crippen LogP contribution in [0.15, 0.2) is 0 Å². The first kappa shape index (κ1) is 15.5. The molecule has 2 heterocycles. The number of nitrogens with one attached hydrogen (secondary N) is 1. The van der Waals surface area contributed by atoms with Crippen LogP contribution in [0.5, 0.6) is 0 Å². The highest BCUT2D eigenvalue weighted by Crippen LogP contribution is 2.32. The van der Waals surface area contributed by atoms with Crippen molar-refractivity contribution in [1.29, 1.82) is 0 Å². The monoisotopic (exact) mass is 321 g/mol. The molecule has 1 aromatic heterocycles. The topological polar surface area (TPSA) is 62.3 Å². The molecule has 0 saturated heterocycles. The smallest absolute Gasteiger partial charge is 0.229 e. The van der Waals surface area contributed by atoms with E-state index >= 15 is 0 Å². The Kier molecular flexibility index (Phi) is 3.97. The summed E-state index contributed by atoms with van der Waals surface area (Å²) in [6.07, 6.45) is 3.90. The fourth-order valence-electron chi connectivity index (χ4n) is 2.77. The van der Waals surface area contributed by atoms with Gasteiger partial charge in [0.25, 0.3) is 0 Å². The van der Waals surface area contributed by atoms with Gasteiger partial charge in [-0.1, -0.05) is 38.5 Å². The molecule has 1 aromatic rings. The van der Waals surface area contributed by atoms with Gasteiger partial charge < -0.3 is 10.2 Å². The lowest BCUT2D eigenvalue weighted by molar-refractivity contribution is -0.140. The third kappa shape index (κ3) is 3.02. The summed E-state index contributed by atoms with van der Waals surface area (Å²) in [5.41, 5.74) is 0.676. The van der Waals surface area contributed by atoms with Crippen molar-refractivity contribution < 1.29 is 9.59 Å². The number of hydrogen-bond acceptors (Lipinski definition) is 4. The SMILES string of the molecule is CC(C)(C)C(=O)N1CCc2nc(NC(=O)C3CCC3)sc2C1. The van der Waals surface area contributed by atoms with Crippen LogP contribution in [0, 0.1) is 11.3 Å². The highest BCUT2D eigenvalue weighted by molar-refractivity contribution is 7.15. The van der Waals surface area contributed by atoms with Gasteiger partial charge in [-0.25, -0.2) is 4.98 Å². The van der Waals surface area contributed by atoms with Gasteiger partial charge in [0.2, 0.25) is 11.8 Å². The summed E-state index contributed by atoms with van der Waals surface area (Å²) in [5, 5.41) is 3.63. The molecule has 120 valence electrons. The number of nitrogens with zero attached hydrogens (tertiary/aromatic N) is 2. The third-order valence-electron chi connectivity index (χ3n) is 4.37. The number of rotatable bonds is 2. The normalized spacial score (nSPS) is 18.6.